The molecule has 0 aromatic rings. The Kier molecular flexibility index (Phi) is 63.9. The molecule has 526 valence electrons. The van der Waals surface area contributed by atoms with E-state index in [-0.39, 0.29) is 19.3 Å². The predicted octanol–water partition coefficient (Wildman–Crippen LogP) is 19.9. The van der Waals surface area contributed by atoms with E-state index in [9.17, 15) is 43.5 Å². The molecule has 16 nitrogen and oxygen atoms in total. The molecule has 0 aliphatic rings. The van der Waals surface area contributed by atoms with Crippen molar-refractivity contribution in [1.29, 1.82) is 0 Å². The fourth-order valence-corrected chi connectivity index (χ4v) is 10.9. The summed E-state index contributed by atoms with van der Waals surface area (Å²) in [4.78, 5) is 58.3. The second kappa shape index (κ2) is 66.5. The molecule has 0 aliphatic heterocycles. The molecular weight excluding hydrogens is 1190 g/mol. The molecule has 5 unspecified atom stereocenters. The third-order valence-corrected chi connectivity index (χ3v) is 16.6. The summed E-state index contributed by atoms with van der Waals surface area (Å²) in [5.74, 6) is -1.61. The zero-order chi connectivity index (χ0) is 66.7. The number of rotatable bonds is 67. The molecule has 5 atom stereocenters. The van der Waals surface area contributed by atoms with Crippen molar-refractivity contribution >= 4 is 33.6 Å². The van der Waals surface area contributed by atoms with Crippen LogP contribution in [0.5, 0.6) is 0 Å². The van der Waals surface area contributed by atoms with Crippen molar-refractivity contribution in [2.45, 2.75) is 309 Å². The zero-order valence-corrected chi connectivity index (χ0v) is 58.8. The van der Waals surface area contributed by atoms with E-state index < -0.39 is 91.5 Å². The van der Waals surface area contributed by atoms with Gasteiger partial charge in [0.2, 0.25) is 0 Å². The molecule has 0 saturated carbocycles. The van der Waals surface area contributed by atoms with E-state index in [1.807, 2.05) is 0 Å². The van der Waals surface area contributed by atoms with Crippen molar-refractivity contribution in [2.75, 3.05) is 39.6 Å². The Hall–Kier alpha value is -3.53. The summed E-state index contributed by atoms with van der Waals surface area (Å²) >= 11 is 0. The first-order valence-corrected chi connectivity index (χ1v) is 38.5. The van der Waals surface area contributed by atoms with Crippen LogP contribution < -0.4 is 0 Å². The summed E-state index contributed by atoms with van der Waals surface area (Å²) in [6.07, 6.45) is 73.2. The largest absolute Gasteiger partial charge is 0.472 e. The standard InChI is InChI=1S/C73H128O16P2/c1-4-7-10-13-16-19-22-25-27-28-29-30-31-32-33-34-35-36-37-38-40-43-44-47-50-53-56-59-71(76)83-62-68(74)63-85-90(79,80)86-64-69(75)65-87-91(81,82)88-67-70(89-73(78)61-58-55-52-49-46-41-24-21-18-15-12-9-6-3)66-84-72(77)60-57-54-51-48-45-42-39-26-23-20-17-14-11-8-5-2/h12,15-17,19-21,24-27,29-30,32-33,39,68-70,74-75H,4-11,13-14,18,22-23,28,31,34-38,40-67H2,1-3H3,(H,79,80)(H,81,82)/b15-12-,19-16-,20-17-,24-21-,27-25-,30-29-,33-32-,39-26-. The Bertz CT molecular complexity index is 2050. The van der Waals surface area contributed by atoms with Gasteiger partial charge in [-0.3, -0.25) is 32.5 Å². The molecule has 4 N–H and O–H groups in total. The maximum Gasteiger partial charge on any atom is 0.472 e. The summed E-state index contributed by atoms with van der Waals surface area (Å²) in [7, 11) is -9.78. The van der Waals surface area contributed by atoms with Gasteiger partial charge in [0.1, 0.15) is 25.4 Å². The molecule has 0 bridgehead atoms. The van der Waals surface area contributed by atoms with Crippen molar-refractivity contribution in [2.24, 2.45) is 0 Å². The molecule has 0 aliphatic carbocycles. The van der Waals surface area contributed by atoms with Crippen molar-refractivity contribution < 1.29 is 75.8 Å². The maximum atomic E-state index is 12.9. The van der Waals surface area contributed by atoms with Crippen LogP contribution in [0.4, 0.5) is 0 Å². The van der Waals surface area contributed by atoms with Crippen LogP contribution in [0.25, 0.3) is 0 Å². The second-order valence-electron chi connectivity index (χ2n) is 23.7. The van der Waals surface area contributed by atoms with Crippen LogP contribution in [-0.4, -0.2) is 95.9 Å². The summed E-state index contributed by atoms with van der Waals surface area (Å²) in [5.41, 5.74) is 0. The monoisotopic (exact) mass is 1320 g/mol. The first kappa shape index (κ1) is 87.5. The number of unbranched alkanes of at least 4 members (excludes halogenated alkanes) is 28. The molecule has 0 rings (SSSR count). The van der Waals surface area contributed by atoms with Crippen molar-refractivity contribution in [3.8, 4) is 0 Å². The number of phosphoric acid groups is 2. The van der Waals surface area contributed by atoms with E-state index in [0.29, 0.717) is 19.3 Å². The summed E-state index contributed by atoms with van der Waals surface area (Å²) in [5, 5.41) is 20.6. The van der Waals surface area contributed by atoms with Gasteiger partial charge in [0.15, 0.2) is 6.10 Å². The van der Waals surface area contributed by atoms with Crippen LogP contribution in [0.2, 0.25) is 0 Å². The lowest BCUT2D eigenvalue weighted by Gasteiger charge is -2.21. The Balaban J connectivity index is 4.50. The normalized spacial score (nSPS) is 14.8. The molecule has 0 saturated heterocycles. The topological polar surface area (TPSA) is 231 Å². The first-order chi connectivity index (χ1) is 44.2. The van der Waals surface area contributed by atoms with Gasteiger partial charge in [-0.2, -0.15) is 0 Å². The number of allylic oxidation sites excluding steroid dienone is 16. The van der Waals surface area contributed by atoms with Gasteiger partial charge in [-0.05, 0) is 122 Å². The van der Waals surface area contributed by atoms with Gasteiger partial charge in [0.05, 0.1) is 26.4 Å². The maximum absolute atomic E-state index is 12.9. The number of aliphatic hydroxyl groups excluding tert-OH is 2. The van der Waals surface area contributed by atoms with Gasteiger partial charge < -0.3 is 34.2 Å². The Morgan fingerprint density at radius 1 is 0.308 bits per heavy atom. The van der Waals surface area contributed by atoms with Crippen LogP contribution in [0.1, 0.15) is 290 Å². The fourth-order valence-electron chi connectivity index (χ4n) is 9.27. The Labute approximate surface area is 552 Å². The van der Waals surface area contributed by atoms with E-state index >= 15 is 0 Å². The molecule has 91 heavy (non-hydrogen) atoms. The number of carbonyl (C=O) groups is 3. The van der Waals surface area contributed by atoms with Crippen molar-refractivity contribution in [1.82, 2.24) is 0 Å². The first-order valence-electron chi connectivity index (χ1n) is 35.5. The molecule has 0 aromatic heterocycles. The summed E-state index contributed by atoms with van der Waals surface area (Å²) in [6.45, 7) is 2.52. The minimum absolute atomic E-state index is 0.0850. The quantitative estimate of drug-likeness (QED) is 0.0146. The molecular formula is C73H128O16P2. The number of hydrogen-bond acceptors (Lipinski definition) is 14. The van der Waals surface area contributed by atoms with Crippen LogP contribution in [-0.2, 0) is 55.8 Å². The number of ether oxygens (including phenoxy) is 3. The second-order valence-corrected chi connectivity index (χ2v) is 26.6. The number of carbonyl (C=O) groups excluding carboxylic acids is 3. The minimum atomic E-state index is -4.93. The van der Waals surface area contributed by atoms with Crippen molar-refractivity contribution in [3.05, 3.63) is 97.2 Å². The average molecular weight is 1320 g/mol. The van der Waals surface area contributed by atoms with Gasteiger partial charge in [0, 0.05) is 19.3 Å². The molecule has 0 heterocycles. The van der Waals surface area contributed by atoms with Gasteiger partial charge in [-0.1, -0.05) is 246 Å². The van der Waals surface area contributed by atoms with E-state index in [2.05, 4.69) is 118 Å². The molecule has 0 spiro atoms. The third kappa shape index (κ3) is 67.7. The van der Waals surface area contributed by atoms with Crippen LogP contribution >= 0.6 is 15.6 Å². The highest BCUT2D eigenvalue weighted by Gasteiger charge is 2.29. The number of aliphatic hydroxyl groups is 2. The SMILES string of the molecule is CCC/C=C\C/C=C\CCCCCCCC(=O)OC(COC(=O)CCCCCCC/C=C\C/C=C\CCCCC)COP(=O)(O)OCC(O)COP(=O)(O)OCC(O)COC(=O)CCCCCCCCCCCCC/C=C\C/C=C\C/C=C\C/C=C\CCCCC. The van der Waals surface area contributed by atoms with Gasteiger partial charge in [-0.25, -0.2) is 9.13 Å². The van der Waals surface area contributed by atoms with Crippen molar-refractivity contribution in [3.63, 3.8) is 0 Å². The Morgan fingerprint density at radius 2 is 0.571 bits per heavy atom. The molecule has 0 aromatic carbocycles. The van der Waals surface area contributed by atoms with E-state index in [4.69, 9.17) is 32.3 Å². The lowest BCUT2D eigenvalue weighted by atomic mass is 10.0. The number of hydrogen-bond donors (Lipinski definition) is 4. The Morgan fingerprint density at radius 3 is 0.912 bits per heavy atom. The molecule has 0 amide bonds. The summed E-state index contributed by atoms with van der Waals surface area (Å²) in [6, 6.07) is 0. The average Bonchev–Trinajstić information content (AvgIpc) is 3.10. The highest BCUT2D eigenvalue weighted by Crippen LogP contribution is 2.45. The minimum Gasteiger partial charge on any atom is -0.463 e. The zero-order valence-electron chi connectivity index (χ0n) is 57.0. The van der Waals surface area contributed by atoms with Crippen LogP contribution in [0.3, 0.4) is 0 Å². The molecule has 18 heteroatoms. The van der Waals surface area contributed by atoms with Gasteiger partial charge in [0.25, 0.3) is 0 Å². The summed E-state index contributed by atoms with van der Waals surface area (Å²) < 4.78 is 60.9. The van der Waals surface area contributed by atoms with Crippen LogP contribution in [0.15, 0.2) is 97.2 Å². The van der Waals surface area contributed by atoms with E-state index in [1.165, 1.54) is 89.9 Å². The predicted molar refractivity (Wildman–Crippen MR) is 371 cm³/mol. The smallest absolute Gasteiger partial charge is 0.463 e. The lowest BCUT2D eigenvalue weighted by molar-refractivity contribution is -0.161. The molecule has 0 radical (unpaired) electrons. The highest BCUT2D eigenvalue weighted by molar-refractivity contribution is 7.47. The van der Waals surface area contributed by atoms with E-state index in [0.717, 1.165) is 141 Å². The highest BCUT2D eigenvalue weighted by atomic mass is 31.2. The number of esters is 3. The lowest BCUT2D eigenvalue weighted by Crippen LogP contribution is -2.30. The number of phosphoric ester groups is 2. The van der Waals surface area contributed by atoms with Gasteiger partial charge >= 0.3 is 33.6 Å². The fraction of sp³-hybridized carbons (Fsp3) is 0.740. The van der Waals surface area contributed by atoms with Crippen LogP contribution in [0, 0.1) is 0 Å². The van der Waals surface area contributed by atoms with Gasteiger partial charge in [-0.15, -0.1) is 0 Å². The third-order valence-electron chi connectivity index (χ3n) is 14.7. The molecule has 0 fully saturated rings. The van der Waals surface area contributed by atoms with E-state index in [1.54, 1.807) is 0 Å².